The Morgan fingerprint density at radius 1 is 1.56 bits per heavy atom. The van der Waals surface area contributed by atoms with Crippen LogP contribution in [0.2, 0.25) is 0 Å². The molecule has 2 aromatic heterocycles. The first-order valence-corrected chi connectivity index (χ1v) is 2.62. The molecular formula is C6H4N3. The van der Waals surface area contributed by atoms with Crippen LogP contribution in [0.15, 0.2) is 24.7 Å². The Balaban J connectivity index is 2.95. The second kappa shape index (κ2) is 1.55. The summed E-state index contributed by atoms with van der Waals surface area (Å²) in [6.07, 6.45) is 5.06. The van der Waals surface area contributed by atoms with E-state index in [2.05, 4.69) is 16.1 Å². The highest BCUT2D eigenvalue weighted by Gasteiger charge is 1.87. The van der Waals surface area contributed by atoms with E-state index in [-0.39, 0.29) is 0 Å². The lowest BCUT2D eigenvalue weighted by Gasteiger charge is -1.85. The topological polar surface area (TPSA) is 30.2 Å². The van der Waals surface area contributed by atoms with Crippen molar-refractivity contribution in [1.29, 1.82) is 0 Å². The van der Waals surface area contributed by atoms with Gasteiger partial charge in [0, 0.05) is 24.5 Å². The standard InChI is InChI=1S/C6H4N3/c1-3-7-6-2-4-8-9(6)5-1/h2-5H. The van der Waals surface area contributed by atoms with Crippen LogP contribution < -0.4 is 0 Å². The molecule has 3 heteroatoms. The molecule has 0 amide bonds. The molecule has 0 atom stereocenters. The quantitative estimate of drug-likeness (QED) is 0.505. The van der Waals surface area contributed by atoms with Gasteiger partial charge >= 0.3 is 0 Å². The minimum absolute atomic E-state index is 0.855. The fourth-order valence-electron chi connectivity index (χ4n) is 0.716. The SMILES string of the molecule is [c]1cnc2ccnn2c1. The van der Waals surface area contributed by atoms with Crippen molar-refractivity contribution >= 4 is 5.65 Å². The van der Waals surface area contributed by atoms with Crippen LogP contribution in [0.5, 0.6) is 0 Å². The number of fused-ring (bicyclic) bond motifs is 1. The molecule has 0 N–H and O–H groups in total. The van der Waals surface area contributed by atoms with Gasteiger partial charge in [0.2, 0.25) is 0 Å². The van der Waals surface area contributed by atoms with Gasteiger partial charge in [-0.3, -0.25) is 0 Å². The van der Waals surface area contributed by atoms with Gasteiger partial charge in [0.1, 0.15) is 0 Å². The summed E-state index contributed by atoms with van der Waals surface area (Å²) in [7, 11) is 0. The second-order valence-corrected chi connectivity index (χ2v) is 1.69. The number of aromatic nitrogens is 3. The lowest BCUT2D eigenvalue weighted by Crippen LogP contribution is -1.85. The summed E-state index contributed by atoms with van der Waals surface area (Å²) in [5.74, 6) is 0. The van der Waals surface area contributed by atoms with Gasteiger partial charge in [-0.15, -0.1) is 0 Å². The molecule has 1 radical (unpaired) electrons. The first-order valence-electron chi connectivity index (χ1n) is 2.62. The highest BCUT2D eigenvalue weighted by atomic mass is 15.2. The number of hydrogen-bond donors (Lipinski definition) is 0. The van der Waals surface area contributed by atoms with Crippen LogP contribution in [0.4, 0.5) is 0 Å². The van der Waals surface area contributed by atoms with Gasteiger partial charge in [-0.1, -0.05) is 0 Å². The van der Waals surface area contributed by atoms with Crippen molar-refractivity contribution in [3.05, 3.63) is 30.7 Å². The molecule has 2 aromatic rings. The molecule has 0 aliphatic rings. The van der Waals surface area contributed by atoms with E-state index in [1.807, 2.05) is 6.07 Å². The van der Waals surface area contributed by atoms with Gasteiger partial charge in [-0.2, -0.15) is 5.10 Å². The van der Waals surface area contributed by atoms with E-state index in [1.54, 1.807) is 23.1 Å². The molecule has 0 spiro atoms. The van der Waals surface area contributed by atoms with Crippen LogP contribution in [-0.2, 0) is 0 Å². The lowest BCUT2D eigenvalue weighted by molar-refractivity contribution is 0.937. The molecule has 0 saturated heterocycles. The van der Waals surface area contributed by atoms with Crippen LogP contribution in [0.25, 0.3) is 5.65 Å². The van der Waals surface area contributed by atoms with E-state index in [0.29, 0.717) is 0 Å². The Morgan fingerprint density at radius 3 is 3.44 bits per heavy atom. The summed E-state index contributed by atoms with van der Waals surface area (Å²) in [4.78, 5) is 3.99. The highest BCUT2D eigenvalue weighted by molar-refractivity contribution is 5.33. The van der Waals surface area contributed by atoms with Crippen molar-refractivity contribution in [3.8, 4) is 0 Å². The molecule has 9 heavy (non-hydrogen) atoms. The van der Waals surface area contributed by atoms with E-state index in [1.165, 1.54) is 0 Å². The molecule has 2 heterocycles. The predicted octanol–water partition coefficient (Wildman–Crippen LogP) is 0.529. The van der Waals surface area contributed by atoms with Crippen LogP contribution in [-0.4, -0.2) is 14.6 Å². The third kappa shape index (κ3) is 0.579. The summed E-state index contributed by atoms with van der Waals surface area (Å²) in [5.41, 5.74) is 0.855. The largest absolute Gasteiger partial charge is 0.236 e. The van der Waals surface area contributed by atoms with Crippen molar-refractivity contribution in [3.63, 3.8) is 0 Å². The van der Waals surface area contributed by atoms with E-state index in [4.69, 9.17) is 0 Å². The third-order valence-electron chi connectivity index (χ3n) is 1.12. The highest BCUT2D eigenvalue weighted by Crippen LogP contribution is 1.92. The van der Waals surface area contributed by atoms with Gasteiger partial charge in [0.15, 0.2) is 5.65 Å². The minimum Gasteiger partial charge on any atom is -0.236 e. The summed E-state index contributed by atoms with van der Waals surface area (Å²) in [6.45, 7) is 0. The number of hydrogen-bond acceptors (Lipinski definition) is 2. The van der Waals surface area contributed by atoms with Gasteiger partial charge in [0.25, 0.3) is 0 Å². The molecule has 3 nitrogen and oxygen atoms in total. The molecule has 0 fully saturated rings. The zero-order valence-corrected chi connectivity index (χ0v) is 4.65. The van der Waals surface area contributed by atoms with Gasteiger partial charge < -0.3 is 0 Å². The van der Waals surface area contributed by atoms with Crippen LogP contribution >= 0.6 is 0 Å². The zero-order chi connectivity index (χ0) is 6.10. The van der Waals surface area contributed by atoms with Crippen molar-refractivity contribution in [2.24, 2.45) is 0 Å². The van der Waals surface area contributed by atoms with Crippen LogP contribution in [0.1, 0.15) is 0 Å². The summed E-state index contributed by atoms with van der Waals surface area (Å²) in [6, 6.07) is 4.65. The number of nitrogens with zero attached hydrogens (tertiary/aromatic N) is 3. The molecular weight excluding hydrogens is 114 g/mol. The van der Waals surface area contributed by atoms with Crippen molar-refractivity contribution in [2.45, 2.75) is 0 Å². The van der Waals surface area contributed by atoms with E-state index in [0.717, 1.165) is 5.65 Å². The Bertz CT molecular complexity index is 282. The Labute approximate surface area is 52.0 Å². The first kappa shape index (κ1) is 4.49. The second-order valence-electron chi connectivity index (χ2n) is 1.69. The van der Waals surface area contributed by atoms with E-state index >= 15 is 0 Å². The number of rotatable bonds is 0. The molecule has 0 saturated carbocycles. The van der Waals surface area contributed by atoms with Crippen molar-refractivity contribution in [1.82, 2.24) is 14.6 Å². The first-order chi connectivity index (χ1) is 4.47. The minimum atomic E-state index is 0.855. The zero-order valence-electron chi connectivity index (χ0n) is 4.65. The van der Waals surface area contributed by atoms with Crippen LogP contribution in [0, 0.1) is 6.07 Å². The average Bonchev–Trinajstić information content (AvgIpc) is 2.33. The van der Waals surface area contributed by atoms with Gasteiger partial charge in [-0.05, 0) is 0 Å². The Morgan fingerprint density at radius 2 is 2.56 bits per heavy atom. The maximum absolute atomic E-state index is 3.99. The molecule has 0 bridgehead atoms. The van der Waals surface area contributed by atoms with Gasteiger partial charge in [0.05, 0.1) is 6.20 Å². The van der Waals surface area contributed by atoms with Crippen molar-refractivity contribution < 1.29 is 0 Å². The maximum atomic E-state index is 3.99. The predicted molar refractivity (Wildman–Crippen MR) is 31.8 cm³/mol. The molecule has 0 aliphatic heterocycles. The normalized spacial score (nSPS) is 10.2. The summed E-state index contributed by atoms with van der Waals surface area (Å²) < 4.78 is 1.67. The smallest absolute Gasteiger partial charge is 0.154 e. The molecule has 0 unspecified atom stereocenters. The Kier molecular flexibility index (Phi) is 0.773. The van der Waals surface area contributed by atoms with Crippen LogP contribution in [0.3, 0.4) is 0 Å². The molecule has 0 aromatic carbocycles. The molecule has 2 rings (SSSR count). The lowest BCUT2D eigenvalue weighted by atomic mass is 10.6. The third-order valence-corrected chi connectivity index (χ3v) is 1.12. The summed E-state index contributed by atoms with van der Waals surface area (Å²) >= 11 is 0. The van der Waals surface area contributed by atoms with Crippen molar-refractivity contribution in [2.75, 3.05) is 0 Å². The molecule has 43 valence electrons. The van der Waals surface area contributed by atoms with E-state index < -0.39 is 0 Å². The monoisotopic (exact) mass is 118 g/mol. The fourth-order valence-corrected chi connectivity index (χ4v) is 0.716. The maximum Gasteiger partial charge on any atom is 0.154 e. The summed E-state index contributed by atoms with van der Waals surface area (Å²) in [5, 5.41) is 3.94. The Hall–Kier alpha value is -1.38. The molecule has 0 aliphatic carbocycles. The van der Waals surface area contributed by atoms with E-state index in [9.17, 15) is 0 Å². The fraction of sp³-hybridized carbons (Fsp3) is 0. The average molecular weight is 118 g/mol. The van der Waals surface area contributed by atoms with Gasteiger partial charge in [-0.25, -0.2) is 9.50 Å².